The zero-order chi connectivity index (χ0) is 16.7. The quantitative estimate of drug-likeness (QED) is 0.748. The summed E-state index contributed by atoms with van der Waals surface area (Å²) in [5.41, 5.74) is 1.18. The van der Waals surface area contributed by atoms with E-state index in [2.05, 4.69) is 21.4 Å². The first-order valence-corrected chi connectivity index (χ1v) is 8.63. The van der Waals surface area contributed by atoms with Gasteiger partial charge in [0.15, 0.2) is 0 Å². The normalized spacial score (nSPS) is 16.8. The lowest BCUT2D eigenvalue weighted by atomic mass is 10.0. The number of thioether (sulfide) groups is 1. The second-order valence-corrected chi connectivity index (χ2v) is 6.78. The molecule has 0 spiro atoms. The van der Waals surface area contributed by atoms with Crippen LogP contribution in [0.3, 0.4) is 0 Å². The van der Waals surface area contributed by atoms with Crippen LogP contribution in [0.15, 0.2) is 44.7 Å². The molecule has 0 saturated heterocycles. The van der Waals surface area contributed by atoms with Crippen molar-refractivity contribution in [2.75, 3.05) is 5.75 Å². The van der Waals surface area contributed by atoms with Crippen molar-refractivity contribution in [1.82, 2.24) is 15.3 Å². The summed E-state index contributed by atoms with van der Waals surface area (Å²) in [6.45, 7) is 1.67. The minimum atomic E-state index is -0.374. The maximum atomic E-state index is 12.8. The zero-order valence-corrected chi connectivity index (χ0v) is 13.8. The molecule has 1 amide bonds. The predicted molar refractivity (Wildman–Crippen MR) is 91.4 cm³/mol. The SMILES string of the molecule is Cc1oc2nc[nH]c(=O)c2c1C(=O)N[C@H]1CCSc2ccccc21. The van der Waals surface area contributed by atoms with Gasteiger partial charge < -0.3 is 14.7 Å². The van der Waals surface area contributed by atoms with Crippen LogP contribution < -0.4 is 10.9 Å². The van der Waals surface area contributed by atoms with Gasteiger partial charge in [-0.2, -0.15) is 0 Å². The van der Waals surface area contributed by atoms with Crippen molar-refractivity contribution in [2.45, 2.75) is 24.3 Å². The Bertz CT molecular complexity index is 992. The van der Waals surface area contributed by atoms with E-state index in [9.17, 15) is 9.59 Å². The Labute approximate surface area is 141 Å². The Morgan fingerprint density at radius 2 is 2.25 bits per heavy atom. The molecule has 1 aromatic carbocycles. The van der Waals surface area contributed by atoms with Gasteiger partial charge in [0.2, 0.25) is 5.71 Å². The molecular formula is C17H15N3O3S. The average Bonchev–Trinajstić information content (AvgIpc) is 2.92. The Hall–Kier alpha value is -2.54. The Balaban J connectivity index is 1.72. The van der Waals surface area contributed by atoms with Gasteiger partial charge in [0.05, 0.1) is 17.9 Å². The highest BCUT2D eigenvalue weighted by molar-refractivity contribution is 7.99. The van der Waals surface area contributed by atoms with E-state index in [1.165, 1.54) is 11.2 Å². The number of rotatable bonds is 2. The minimum absolute atomic E-state index is 0.0740. The van der Waals surface area contributed by atoms with Gasteiger partial charge in [-0.3, -0.25) is 9.59 Å². The molecule has 0 fully saturated rings. The van der Waals surface area contributed by atoms with Gasteiger partial charge in [-0.05, 0) is 25.0 Å². The second kappa shape index (κ2) is 5.83. The lowest BCUT2D eigenvalue weighted by Gasteiger charge is -2.25. The van der Waals surface area contributed by atoms with Crippen molar-refractivity contribution in [3.8, 4) is 0 Å². The summed E-state index contributed by atoms with van der Waals surface area (Å²) in [6, 6.07) is 7.98. The predicted octanol–water partition coefficient (Wildman–Crippen LogP) is 2.79. The molecule has 3 aromatic rings. The zero-order valence-electron chi connectivity index (χ0n) is 13.0. The van der Waals surface area contributed by atoms with E-state index in [4.69, 9.17) is 4.42 Å². The van der Waals surface area contributed by atoms with Crippen LogP contribution in [0, 0.1) is 6.92 Å². The number of amides is 1. The molecule has 7 heteroatoms. The lowest BCUT2D eigenvalue weighted by Crippen LogP contribution is -2.31. The average molecular weight is 341 g/mol. The standard InChI is InChI=1S/C17H15N3O3S/c1-9-13(14-15(21)18-8-19-17(14)23-9)16(22)20-11-6-7-24-12-5-3-2-4-10(11)12/h2-5,8,11H,6-7H2,1H3,(H,20,22)(H,18,19,21)/t11-/m0/s1. The number of nitrogens with one attached hydrogen (secondary N) is 2. The number of nitrogens with zero attached hydrogens (tertiary/aromatic N) is 1. The summed E-state index contributed by atoms with van der Waals surface area (Å²) < 4.78 is 5.46. The van der Waals surface area contributed by atoms with Crippen molar-refractivity contribution in [1.29, 1.82) is 0 Å². The molecule has 0 aliphatic carbocycles. The molecule has 6 nitrogen and oxygen atoms in total. The maximum absolute atomic E-state index is 12.8. The van der Waals surface area contributed by atoms with Gasteiger partial charge in [0.25, 0.3) is 11.5 Å². The molecule has 0 saturated carbocycles. The van der Waals surface area contributed by atoms with Gasteiger partial charge in [0, 0.05) is 10.6 Å². The number of carbonyl (C=O) groups is 1. The molecule has 3 heterocycles. The van der Waals surface area contributed by atoms with E-state index in [-0.39, 0.29) is 34.2 Å². The van der Waals surface area contributed by atoms with Crippen LogP contribution in [0.2, 0.25) is 0 Å². The molecule has 1 aliphatic rings. The molecule has 122 valence electrons. The number of hydrogen-bond donors (Lipinski definition) is 2. The number of H-pyrrole nitrogens is 1. The van der Waals surface area contributed by atoms with Crippen LogP contribution in [0.1, 0.15) is 34.1 Å². The number of benzene rings is 1. The first-order valence-electron chi connectivity index (χ1n) is 7.64. The van der Waals surface area contributed by atoms with Gasteiger partial charge in [-0.1, -0.05) is 18.2 Å². The van der Waals surface area contributed by atoms with Gasteiger partial charge in [-0.15, -0.1) is 11.8 Å². The Morgan fingerprint density at radius 3 is 3.12 bits per heavy atom. The number of hydrogen-bond acceptors (Lipinski definition) is 5. The van der Waals surface area contributed by atoms with Crippen molar-refractivity contribution in [3.63, 3.8) is 0 Å². The van der Waals surface area contributed by atoms with E-state index in [1.807, 2.05) is 18.2 Å². The summed E-state index contributed by atoms with van der Waals surface area (Å²) in [6.07, 6.45) is 2.11. The molecular weight excluding hydrogens is 326 g/mol. The van der Waals surface area contributed by atoms with E-state index in [0.29, 0.717) is 5.76 Å². The third-order valence-corrected chi connectivity index (χ3v) is 5.28. The van der Waals surface area contributed by atoms with E-state index in [0.717, 1.165) is 17.7 Å². The van der Waals surface area contributed by atoms with Crippen LogP contribution in [0.25, 0.3) is 11.1 Å². The molecule has 1 atom stereocenters. The first-order chi connectivity index (χ1) is 11.6. The lowest BCUT2D eigenvalue weighted by molar-refractivity contribution is 0.0935. The molecule has 0 unspecified atom stereocenters. The number of aromatic nitrogens is 2. The summed E-state index contributed by atoms with van der Waals surface area (Å²) in [7, 11) is 0. The van der Waals surface area contributed by atoms with E-state index >= 15 is 0 Å². The van der Waals surface area contributed by atoms with Crippen LogP contribution in [-0.4, -0.2) is 21.6 Å². The number of furan rings is 1. The van der Waals surface area contributed by atoms with Gasteiger partial charge >= 0.3 is 0 Å². The van der Waals surface area contributed by atoms with Crippen molar-refractivity contribution in [3.05, 3.63) is 57.8 Å². The number of aromatic amines is 1. The van der Waals surface area contributed by atoms with Gasteiger partial charge in [-0.25, -0.2) is 4.98 Å². The molecule has 2 N–H and O–H groups in total. The van der Waals surface area contributed by atoms with E-state index in [1.54, 1.807) is 18.7 Å². The molecule has 1 aliphatic heterocycles. The smallest absolute Gasteiger partial charge is 0.262 e. The number of fused-ring (bicyclic) bond motifs is 2. The Kier molecular flexibility index (Phi) is 3.65. The number of carbonyl (C=O) groups excluding carboxylic acids is 1. The number of aryl methyl sites for hydroxylation is 1. The maximum Gasteiger partial charge on any atom is 0.262 e. The second-order valence-electron chi connectivity index (χ2n) is 5.65. The van der Waals surface area contributed by atoms with Crippen molar-refractivity contribution >= 4 is 28.8 Å². The summed E-state index contributed by atoms with van der Waals surface area (Å²) in [5.74, 6) is 1.02. The fourth-order valence-electron chi connectivity index (χ4n) is 3.05. The topological polar surface area (TPSA) is 88.0 Å². The van der Waals surface area contributed by atoms with Crippen LogP contribution in [0.5, 0.6) is 0 Å². The highest BCUT2D eigenvalue weighted by atomic mass is 32.2. The van der Waals surface area contributed by atoms with Crippen molar-refractivity contribution in [2.24, 2.45) is 0 Å². The highest BCUT2D eigenvalue weighted by Gasteiger charge is 2.26. The molecule has 4 rings (SSSR count). The van der Waals surface area contributed by atoms with Crippen LogP contribution in [0.4, 0.5) is 0 Å². The summed E-state index contributed by atoms with van der Waals surface area (Å²) in [4.78, 5) is 32.5. The Morgan fingerprint density at radius 1 is 1.42 bits per heavy atom. The fraction of sp³-hybridized carbons (Fsp3) is 0.235. The highest BCUT2D eigenvalue weighted by Crippen LogP contribution is 2.36. The van der Waals surface area contributed by atoms with Crippen molar-refractivity contribution < 1.29 is 9.21 Å². The third kappa shape index (κ3) is 2.41. The minimum Gasteiger partial charge on any atom is -0.442 e. The van der Waals surface area contributed by atoms with E-state index < -0.39 is 0 Å². The monoisotopic (exact) mass is 341 g/mol. The first kappa shape index (κ1) is 15.0. The van der Waals surface area contributed by atoms with Crippen LogP contribution >= 0.6 is 11.8 Å². The molecule has 0 bridgehead atoms. The van der Waals surface area contributed by atoms with Crippen LogP contribution in [-0.2, 0) is 0 Å². The molecule has 24 heavy (non-hydrogen) atoms. The third-order valence-electron chi connectivity index (χ3n) is 4.16. The summed E-state index contributed by atoms with van der Waals surface area (Å²) >= 11 is 1.79. The van der Waals surface area contributed by atoms with Gasteiger partial charge in [0.1, 0.15) is 11.1 Å². The fourth-order valence-corrected chi connectivity index (χ4v) is 4.17. The summed E-state index contributed by atoms with van der Waals surface area (Å²) in [5, 5.41) is 3.24. The molecule has 0 radical (unpaired) electrons. The molecule has 2 aromatic heterocycles. The largest absolute Gasteiger partial charge is 0.442 e.